The van der Waals surface area contributed by atoms with Crippen LogP contribution in [0.2, 0.25) is 0 Å². The fourth-order valence-corrected chi connectivity index (χ4v) is 2.93. The third-order valence-electron chi connectivity index (χ3n) is 4.45. The van der Waals surface area contributed by atoms with E-state index in [2.05, 4.69) is 28.7 Å². The summed E-state index contributed by atoms with van der Waals surface area (Å²) >= 11 is 0. The van der Waals surface area contributed by atoms with Crippen LogP contribution in [-0.4, -0.2) is 42.1 Å². The van der Waals surface area contributed by atoms with Gasteiger partial charge in [-0.05, 0) is 31.1 Å². The number of aromatic nitrogens is 3. The van der Waals surface area contributed by atoms with Gasteiger partial charge in [0, 0.05) is 33.1 Å². The Hall–Kier alpha value is -1.39. The van der Waals surface area contributed by atoms with E-state index in [9.17, 15) is 0 Å². The maximum absolute atomic E-state index is 4.71. The van der Waals surface area contributed by atoms with Crippen LogP contribution in [0.4, 0.5) is 11.9 Å². The molecular formula is C15H25N5. The second-order valence-corrected chi connectivity index (χ2v) is 6.87. The van der Waals surface area contributed by atoms with Crippen LogP contribution < -0.4 is 9.80 Å². The number of hydrogen-bond acceptors (Lipinski definition) is 5. The van der Waals surface area contributed by atoms with Crippen molar-refractivity contribution in [1.29, 1.82) is 0 Å². The van der Waals surface area contributed by atoms with Gasteiger partial charge in [0.2, 0.25) is 11.9 Å². The highest BCUT2D eigenvalue weighted by Crippen LogP contribution is 2.52. The molecule has 1 saturated carbocycles. The minimum Gasteiger partial charge on any atom is -0.347 e. The number of nitrogens with zero attached hydrogens (tertiary/aromatic N) is 5. The van der Waals surface area contributed by atoms with Gasteiger partial charge in [-0.3, -0.25) is 0 Å². The zero-order valence-corrected chi connectivity index (χ0v) is 13.1. The molecule has 5 heteroatoms. The third kappa shape index (κ3) is 2.58. The molecule has 3 rings (SSSR count). The summed E-state index contributed by atoms with van der Waals surface area (Å²) in [5.74, 6) is 2.87. The van der Waals surface area contributed by atoms with Gasteiger partial charge in [-0.25, -0.2) is 0 Å². The summed E-state index contributed by atoms with van der Waals surface area (Å²) < 4.78 is 0. The summed E-state index contributed by atoms with van der Waals surface area (Å²) in [6, 6.07) is 0. The molecule has 1 aromatic heterocycles. The van der Waals surface area contributed by atoms with Gasteiger partial charge in [-0.1, -0.05) is 13.8 Å². The molecule has 1 aliphatic carbocycles. The smallest absolute Gasteiger partial charge is 0.230 e. The number of anilines is 2. The SMILES string of the molecule is CC(C)c1nc(N(C)C)nc(N2CCCC3(CC3)C2)n1. The Balaban J connectivity index is 1.91. The lowest BCUT2D eigenvalue weighted by Gasteiger charge is -2.33. The Kier molecular flexibility index (Phi) is 3.30. The molecule has 1 saturated heterocycles. The van der Waals surface area contributed by atoms with Gasteiger partial charge in [0.05, 0.1) is 0 Å². The third-order valence-corrected chi connectivity index (χ3v) is 4.45. The minimum atomic E-state index is 0.329. The summed E-state index contributed by atoms with van der Waals surface area (Å²) in [4.78, 5) is 18.3. The van der Waals surface area contributed by atoms with E-state index >= 15 is 0 Å². The van der Waals surface area contributed by atoms with Crippen LogP contribution in [0.1, 0.15) is 51.3 Å². The molecule has 1 aliphatic heterocycles. The van der Waals surface area contributed by atoms with Crippen molar-refractivity contribution in [3.05, 3.63) is 5.82 Å². The van der Waals surface area contributed by atoms with Crippen molar-refractivity contribution in [3.8, 4) is 0 Å². The van der Waals surface area contributed by atoms with Crippen molar-refractivity contribution in [2.75, 3.05) is 37.0 Å². The zero-order chi connectivity index (χ0) is 14.3. The van der Waals surface area contributed by atoms with Gasteiger partial charge in [0.1, 0.15) is 5.82 Å². The molecule has 0 aromatic carbocycles. The standard InChI is InChI=1S/C15H25N5/c1-11(2)12-16-13(19(3)4)18-14(17-12)20-9-5-6-15(10-20)7-8-15/h11H,5-10H2,1-4H3. The normalized spacial score (nSPS) is 20.6. The Morgan fingerprint density at radius 1 is 1.10 bits per heavy atom. The van der Waals surface area contributed by atoms with E-state index in [1.165, 1.54) is 25.7 Å². The fraction of sp³-hybridized carbons (Fsp3) is 0.800. The second kappa shape index (κ2) is 4.86. The summed E-state index contributed by atoms with van der Waals surface area (Å²) in [6.07, 6.45) is 5.41. The number of hydrogen-bond donors (Lipinski definition) is 0. The van der Waals surface area contributed by atoms with E-state index in [1.807, 2.05) is 19.0 Å². The first kappa shape index (κ1) is 13.6. The van der Waals surface area contributed by atoms with Crippen molar-refractivity contribution < 1.29 is 0 Å². The molecule has 2 fully saturated rings. The van der Waals surface area contributed by atoms with Crippen molar-refractivity contribution in [2.24, 2.45) is 5.41 Å². The van der Waals surface area contributed by atoms with Gasteiger partial charge in [-0.15, -0.1) is 0 Å². The van der Waals surface area contributed by atoms with Crippen molar-refractivity contribution in [1.82, 2.24) is 15.0 Å². The van der Waals surface area contributed by atoms with E-state index in [0.717, 1.165) is 30.8 Å². The van der Waals surface area contributed by atoms with Gasteiger partial charge >= 0.3 is 0 Å². The molecule has 110 valence electrons. The molecular weight excluding hydrogens is 250 g/mol. The molecule has 0 N–H and O–H groups in total. The Morgan fingerprint density at radius 3 is 2.45 bits per heavy atom. The maximum atomic E-state index is 4.71. The molecule has 1 spiro atoms. The summed E-state index contributed by atoms with van der Waals surface area (Å²) in [6.45, 7) is 6.48. The van der Waals surface area contributed by atoms with E-state index in [4.69, 9.17) is 4.98 Å². The number of piperidine rings is 1. The van der Waals surface area contributed by atoms with Crippen LogP contribution >= 0.6 is 0 Å². The molecule has 20 heavy (non-hydrogen) atoms. The van der Waals surface area contributed by atoms with Crippen LogP contribution in [0, 0.1) is 5.41 Å². The first-order valence-electron chi connectivity index (χ1n) is 7.67. The van der Waals surface area contributed by atoms with Gasteiger partial charge in [-0.2, -0.15) is 15.0 Å². The molecule has 5 nitrogen and oxygen atoms in total. The first-order chi connectivity index (χ1) is 9.49. The van der Waals surface area contributed by atoms with Gasteiger partial charge in [0.15, 0.2) is 0 Å². The van der Waals surface area contributed by atoms with E-state index in [-0.39, 0.29) is 0 Å². The molecule has 0 radical (unpaired) electrons. The summed E-state index contributed by atoms with van der Waals surface area (Å²) in [5, 5.41) is 0. The average molecular weight is 275 g/mol. The molecule has 0 unspecified atom stereocenters. The highest BCUT2D eigenvalue weighted by atomic mass is 15.3. The average Bonchev–Trinajstić information content (AvgIpc) is 3.17. The second-order valence-electron chi connectivity index (χ2n) is 6.87. The predicted molar refractivity (Wildman–Crippen MR) is 81.4 cm³/mol. The van der Waals surface area contributed by atoms with Crippen LogP contribution in [0.5, 0.6) is 0 Å². The van der Waals surface area contributed by atoms with Gasteiger partial charge < -0.3 is 9.80 Å². The topological polar surface area (TPSA) is 45.2 Å². The highest BCUT2D eigenvalue weighted by Gasteiger charge is 2.46. The van der Waals surface area contributed by atoms with Crippen molar-refractivity contribution >= 4 is 11.9 Å². The zero-order valence-electron chi connectivity index (χ0n) is 13.1. The molecule has 2 heterocycles. The maximum Gasteiger partial charge on any atom is 0.230 e. The highest BCUT2D eigenvalue weighted by molar-refractivity contribution is 5.39. The fourth-order valence-electron chi connectivity index (χ4n) is 2.93. The summed E-state index contributed by atoms with van der Waals surface area (Å²) in [7, 11) is 3.98. The monoisotopic (exact) mass is 275 g/mol. The quantitative estimate of drug-likeness (QED) is 0.848. The van der Waals surface area contributed by atoms with Crippen LogP contribution in [-0.2, 0) is 0 Å². The lowest BCUT2D eigenvalue weighted by atomic mass is 9.95. The molecule has 0 atom stereocenters. The van der Waals surface area contributed by atoms with Crippen molar-refractivity contribution in [2.45, 2.75) is 45.4 Å². The van der Waals surface area contributed by atoms with E-state index in [0.29, 0.717) is 11.3 Å². The molecule has 0 bridgehead atoms. The largest absolute Gasteiger partial charge is 0.347 e. The predicted octanol–water partition coefficient (Wildman–Crippen LogP) is 2.44. The first-order valence-corrected chi connectivity index (χ1v) is 7.67. The lowest BCUT2D eigenvalue weighted by molar-refractivity contribution is 0.391. The molecule has 2 aliphatic rings. The van der Waals surface area contributed by atoms with Crippen LogP contribution in [0.15, 0.2) is 0 Å². The number of rotatable bonds is 3. The molecule has 1 aromatic rings. The summed E-state index contributed by atoms with van der Waals surface area (Å²) in [5.41, 5.74) is 0.584. The Bertz CT molecular complexity index is 467. The molecule has 0 amide bonds. The Labute approximate surface area is 121 Å². The van der Waals surface area contributed by atoms with Crippen LogP contribution in [0.3, 0.4) is 0 Å². The Morgan fingerprint density at radius 2 is 1.85 bits per heavy atom. The van der Waals surface area contributed by atoms with E-state index < -0.39 is 0 Å². The van der Waals surface area contributed by atoms with E-state index in [1.54, 1.807) is 0 Å². The lowest BCUT2D eigenvalue weighted by Crippen LogP contribution is -2.38. The minimum absolute atomic E-state index is 0.329. The van der Waals surface area contributed by atoms with Crippen molar-refractivity contribution in [3.63, 3.8) is 0 Å². The van der Waals surface area contributed by atoms with Gasteiger partial charge in [0.25, 0.3) is 0 Å². The van der Waals surface area contributed by atoms with Crippen LogP contribution in [0.25, 0.3) is 0 Å².